The second-order valence-electron chi connectivity index (χ2n) is 18.0. The Bertz CT molecular complexity index is 1790. The highest BCUT2D eigenvalue weighted by molar-refractivity contribution is 5.96. The summed E-state index contributed by atoms with van der Waals surface area (Å²) in [7, 11) is 0. The van der Waals surface area contributed by atoms with Gasteiger partial charge in [-0.05, 0) is 91.7 Å². The first-order chi connectivity index (χ1) is 28.4. The quantitative estimate of drug-likeness (QED) is 0.205. The zero-order valence-corrected chi connectivity index (χ0v) is 36.2. The van der Waals surface area contributed by atoms with Gasteiger partial charge in [-0.1, -0.05) is 60.7 Å². The number of carbonyl (C=O) groups is 6. The Kier molecular flexibility index (Phi) is 15.6. The molecule has 2 saturated heterocycles. The van der Waals surface area contributed by atoms with Crippen molar-refractivity contribution in [3.63, 3.8) is 0 Å². The summed E-state index contributed by atoms with van der Waals surface area (Å²) < 4.78 is 16.5. The molecule has 328 valence electrons. The van der Waals surface area contributed by atoms with Gasteiger partial charge in [0.05, 0.1) is 13.2 Å². The fraction of sp³-hybridized carbons (Fsp3) is 0.600. The third-order valence-electron chi connectivity index (χ3n) is 10.7. The number of nitrogens with zero attached hydrogens (tertiary/aromatic N) is 3. The fourth-order valence-corrected chi connectivity index (χ4v) is 7.83. The highest BCUT2D eigenvalue weighted by atomic mass is 16.6. The highest BCUT2D eigenvalue weighted by Gasteiger charge is 2.48. The molecule has 15 heteroatoms. The molecule has 15 nitrogen and oxygen atoms in total. The van der Waals surface area contributed by atoms with Crippen molar-refractivity contribution in [1.82, 2.24) is 30.7 Å². The lowest BCUT2D eigenvalue weighted by molar-refractivity contribution is -0.148. The summed E-state index contributed by atoms with van der Waals surface area (Å²) in [5.41, 5.74) is 0.434. The van der Waals surface area contributed by atoms with Crippen LogP contribution < -0.4 is 16.0 Å². The van der Waals surface area contributed by atoms with Crippen LogP contribution in [0.1, 0.15) is 97.6 Å². The van der Waals surface area contributed by atoms with Crippen LogP contribution in [-0.4, -0.2) is 131 Å². The predicted molar refractivity (Wildman–Crippen MR) is 225 cm³/mol. The minimum Gasteiger partial charge on any atom is -0.444 e. The summed E-state index contributed by atoms with van der Waals surface area (Å²) in [6.07, 6.45) is 1.39. The first-order valence-electron chi connectivity index (χ1n) is 21.2. The third kappa shape index (κ3) is 13.4. The molecule has 3 fully saturated rings. The van der Waals surface area contributed by atoms with Gasteiger partial charge in [0.2, 0.25) is 23.6 Å². The molecule has 60 heavy (non-hydrogen) atoms. The molecule has 0 aromatic heterocycles. The monoisotopic (exact) mass is 832 g/mol. The second-order valence-corrected chi connectivity index (χ2v) is 18.0. The van der Waals surface area contributed by atoms with Crippen LogP contribution in [0.4, 0.5) is 9.59 Å². The number of unbranched alkanes of at least 4 members (excludes halogenated alkanes) is 1. The largest absolute Gasteiger partial charge is 0.444 e. The summed E-state index contributed by atoms with van der Waals surface area (Å²) in [5.74, 6) is -1.61. The molecular weight excluding hydrogens is 769 g/mol. The van der Waals surface area contributed by atoms with Gasteiger partial charge in [-0.2, -0.15) is 0 Å². The second kappa shape index (κ2) is 20.4. The van der Waals surface area contributed by atoms with E-state index in [-0.39, 0.29) is 49.2 Å². The molecule has 3 aliphatic rings. The van der Waals surface area contributed by atoms with E-state index in [0.717, 1.165) is 11.1 Å². The number of amides is 6. The molecule has 5 rings (SSSR count). The molecule has 1 aliphatic carbocycles. The lowest BCUT2D eigenvalue weighted by Gasteiger charge is -2.36. The Labute approximate surface area is 354 Å². The zero-order valence-electron chi connectivity index (χ0n) is 36.2. The van der Waals surface area contributed by atoms with Crippen LogP contribution in [0.15, 0.2) is 60.7 Å². The van der Waals surface area contributed by atoms with E-state index in [9.17, 15) is 28.8 Å². The number of nitrogens with one attached hydrogen (secondary N) is 3. The van der Waals surface area contributed by atoms with Crippen LogP contribution in [0.25, 0.3) is 0 Å². The molecule has 2 aliphatic heterocycles. The van der Waals surface area contributed by atoms with Gasteiger partial charge in [-0.3, -0.25) is 24.1 Å². The summed E-state index contributed by atoms with van der Waals surface area (Å²) in [6, 6.07) is 15.6. The molecule has 3 unspecified atom stereocenters. The van der Waals surface area contributed by atoms with Gasteiger partial charge in [-0.15, -0.1) is 0 Å². The van der Waals surface area contributed by atoms with E-state index < -0.39 is 53.3 Å². The fourth-order valence-electron chi connectivity index (χ4n) is 7.83. The topological polar surface area (TPSA) is 176 Å². The van der Waals surface area contributed by atoms with E-state index in [1.54, 1.807) is 51.3 Å². The Hall–Kier alpha value is -5.18. The van der Waals surface area contributed by atoms with Crippen molar-refractivity contribution in [3.05, 3.63) is 71.8 Å². The highest BCUT2D eigenvalue weighted by Crippen LogP contribution is 2.45. The Morgan fingerprint density at radius 1 is 0.867 bits per heavy atom. The summed E-state index contributed by atoms with van der Waals surface area (Å²) in [6.45, 7) is 14.2. The van der Waals surface area contributed by atoms with Gasteiger partial charge < -0.3 is 40.0 Å². The number of alkyl carbamates (subject to hydrolysis) is 1. The average molecular weight is 833 g/mol. The van der Waals surface area contributed by atoms with Gasteiger partial charge in [-0.25, -0.2) is 9.59 Å². The maximum Gasteiger partial charge on any atom is 0.411 e. The van der Waals surface area contributed by atoms with Crippen LogP contribution in [0.5, 0.6) is 0 Å². The van der Waals surface area contributed by atoms with Gasteiger partial charge in [0.15, 0.2) is 0 Å². The number of carbonyl (C=O) groups excluding carboxylic acids is 6. The van der Waals surface area contributed by atoms with Crippen LogP contribution in [0.3, 0.4) is 0 Å². The molecule has 0 spiro atoms. The SMILES string of the molecule is CC1C[C@@H](NC(=O)[C@@H](Cc2ccccc2)NC(=O)CN(C(=O)OC(C)(C)C)[C@H]2CC2c2ccccc2)C(=O)N1C(CCCCNC(=O)OC(C)(C)C)C(=O)N1CCOCC1. The molecule has 2 heterocycles. The first kappa shape index (κ1) is 45.9. The maximum atomic E-state index is 14.3. The van der Waals surface area contributed by atoms with Crippen molar-refractivity contribution < 1.29 is 43.0 Å². The molecule has 2 aromatic carbocycles. The zero-order chi connectivity index (χ0) is 43.6. The number of benzene rings is 2. The number of ether oxygens (including phenoxy) is 3. The van der Waals surface area contributed by atoms with E-state index in [1.807, 2.05) is 67.6 Å². The lowest BCUT2D eigenvalue weighted by Crippen LogP contribution is -2.56. The molecule has 0 bridgehead atoms. The smallest absolute Gasteiger partial charge is 0.411 e. The van der Waals surface area contributed by atoms with E-state index >= 15 is 0 Å². The van der Waals surface area contributed by atoms with Gasteiger partial charge in [0, 0.05) is 44.1 Å². The van der Waals surface area contributed by atoms with Crippen LogP contribution in [0.2, 0.25) is 0 Å². The molecule has 3 N–H and O–H groups in total. The molecule has 0 radical (unpaired) electrons. The Balaban J connectivity index is 1.28. The van der Waals surface area contributed by atoms with Crippen molar-refractivity contribution in [1.29, 1.82) is 0 Å². The number of hydrogen-bond donors (Lipinski definition) is 3. The number of hydrogen-bond acceptors (Lipinski definition) is 9. The van der Waals surface area contributed by atoms with Crippen molar-refractivity contribution in [2.24, 2.45) is 0 Å². The third-order valence-corrected chi connectivity index (χ3v) is 10.7. The molecule has 2 aromatic rings. The minimum absolute atomic E-state index is 0.0427. The van der Waals surface area contributed by atoms with Crippen LogP contribution >= 0.6 is 0 Å². The summed E-state index contributed by atoms with van der Waals surface area (Å²) in [4.78, 5) is 86.8. The summed E-state index contributed by atoms with van der Waals surface area (Å²) >= 11 is 0. The van der Waals surface area contributed by atoms with Crippen molar-refractivity contribution in [2.45, 2.75) is 134 Å². The number of likely N-dealkylation sites (tertiary alicyclic amines) is 1. The van der Waals surface area contributed by atoms with E-state index in [0.29, 0.717) is 58.5 Å². The standard InChI is InChI=1S/C45H64N6O9/c1-30-26-35(40(54)51(30)36(41(55)49-22-24-58-25-23-49)20-14-15-21-46-42(56)59-44(2,3)4)48-39(53)34(27-31-16-10-8-11-17-31)47-38(52)29-50(43(57)60-45(5,6)7)37-28-33(37)32-18-12-9-13-19-32/h8-13,16-19,30,33-37H,14-15,20-29H2,1-7H3,(H,46,56)(H,47,52)(H,48,53)/t30?,33?,34-,35-,36?,37+/m1/s1. The maximum absolute atomic E-state index is 14.3. The number of morpholine rings is 1. The van der Waals surface area contributed by atoms with E-state index in [1.165, 1.54) is 4.90 Å². The van der Waals surface area contributed by atoms with Gasteiger partial charge in [0.1, 0.15) is 35.9 Å². The molecule has 6 amide bonds. The van der Waals surface area contributed by atoms with Gasteiger partial charge >= 0.3 is 12.2 Å². The molecule has 6 atom stereocenters. The minimum atomic E-state index is -1.08. The van der Waals surface area contributed by atoms with Crippen molar-refractivity contribution in [2.75, 3.05) is 39.4 Å². The lowest BCUT2D eigenvalue weighted by atomic mass is 10.0. The van der Waals surface area contributed by atoms with Crippen molar-refractivity contribution >= 4 is 35.8 Å². The van der Waals surface area contributed by atoms with E-state index in [2.05, 4.69) is 16.0 Å². The normalized spacial score (nSPS) is 21.4. The van der Waals surface area contributed by atoms with E-state index in [4.69, 9.17) is 14.2 Å². The average Bonchev–Trinajstić information content (AvgIpc) is 3.93. The summed E-state index contributed by atoms with van der Waals surface area (Å²) in [5, 5.41) is 8.53. The predicted octanol–water partition coefficient (Wildman–Crippen LogP) is 4.54. The van der Waals surface area contributed by atoms with Gasteiger partial charge in [0.25, 0.3) is 0 Å². The van der Waals surface area contributed by atoms with Crippen LogP contribution in [-0.2, 0) is 39.8 Å². The molecule has 1 saturated carbocycles. The van der Waals surface area contributed by atoms with Crippen molar-refractivity contribution in [3.8, 4) is 0 Å². The van der Waals surface area contributed by atoms with Crippen LogP contribution in [0, 0.1) is 0 Å². The Morgan fingerprint density at radius 3 is 2.13 bits per heavy atom. The molecular formula is C45H64N6O9. The Morgan fingerprint density at radius 2 is 1.50 bits per heavy atom. The first-order valence-corrected chi connectivity index (χ1v) is 21.2. The number of rotatable bonds is 16.